The number of carbonyl (C=O) groups excluding carboxylic acids is 3. The average molecular weight is 510 g/mol. The summed E-state index contributed by atoms with van der Waals surface area (Å²) in [6, 6.07) is 3.55. The van der Waals surface area contributed by atoms with Crippen LogP contribution in [-0.4, -0.2) is 54.5 Å². The van der Waals surface area contributed by atoms with Crippen molar-refractivity contribution in [2.75, 3.05) is 13.2 Å². The molecular formula is C26H39NO9. The zero-order chi connectivity index (χ0) is 27.3. The molecule has 2 atom stereocenters. The van der Waals surface area contributed by atoms with Crippen LogP contribution >= 0.6 is 0 Å². The normalized spacial score (nSPS) is 12.8. The molecule has 202 valence electrons. The number of carbonyl (C=O) groups is 4. The van der Waals surface area contributed by atoms with Crippen LogP contribution in [0.1, 0.15) is 72.8 Å². The standard InChI is InChI=1S/C26H39NO9/c1-7-9-22(28)35-20-12-11-18(14-21(20)36-23(29)10-8-2)13-19(24(30)31)27-15-17(3)34-25(32)33-16-26(4,5)6/h11-12,14,17,19,27H,7-10,13,15-16H2,1-6H3,(H,30,31)/t17?,19-/m0/s1. The number of rotatable bonds is 14. The van der Waals surface area contributed by atoms with E-state index in [9.17, 15) is 24.3 Å². The van der Waals surface area contributed by atoms with Crippen molar-refractivity contribution in [1.82, 2.24) is 5.32 Å². The van der Waals surface area contributed by atoms with Crippen molar-refractivity contribution in [3.05, 3.63) is 23.8 Å². The molecule has 0 spiro atoms. The van der Waals surface area contributed by atoms with E-state index in [0.29, 0.717) is 18.4 Å². The van der Waals surface area contributed by atoms with E-state index in [1.807, 2.05) is 34.6 Å². The first-order valence-corrected chi connectivity index (χ1v) is 12.2. The first kappa shape index (κ1) is 30.9. The fraction of sp³-hybridized carbons (Fsp3) is 0.615. The maximum Gasteiger partial charge on any atom is 0.508 e. The summed E-state index contributed by atoms with van der Waals surface area (Å²) in [4.78, 5) is 47.7. The van der Waals surface area contributed by atoms with Crippen LogP contribution in [0.25, 0.3) is 0 Å². The molecule has 0 amide bonds. The van der Waals surface area contributed by atoms with Crippen molar-refractivity contribution < 1.29 is 43.2 Å². The minimum Gasteiger partial charge on any atom is -0.480 e. The summed E-state index contributed by atoms with van der Waals surface area (Å²) in [5.74, 6) is -1.91. The molecule has 36 heavy (non-hydrogen) atoms. The van der Waals surface area contributed by atoms with Gasteiger partial charge in [0, 0.05) is 19.4 Å². The quantitative estimate of drug-likeness (QED) is 0.276. The molecule has 0 aliphatic rings. The molecule has 0 aromatic heterocycles. The summed E-state index contributed by atoms with van der Waals surface area (Å²) in [5, 5.41) is 12.5. The van der Waals surface area contributed by atoms with Crippen LogP contribution < -0.4 is 14.8 Å². The van der Waals surface area contributed by atoms with Gasteiger partial charge in [0.05, 0.1) is 6.61 Å². The van der Waals surface area contributed by atoms with Gasteiger partial charge in [-0.3, -0.25) is 14.4 Å². The fourth-order valence-electron chi connectivity index (χ4n) is 2.91. The third-order valence-corrected chi connectivity index (χ3v) is 4.67. The molecule has 0 radical (unpaired) electrons. The fourth-order valence-corrected chi connectivity index (χ4v) is 2.91. The van der Waals surface area contributed by atoms with Gasteiger partial charge in [-0.2, -0.15) is 0 Å². The van der Waals surface area contributed by atoms with Gasteiger partial charge < -0.3 is 29.4 Å². The number of hydrogen-bond acceptors (Lipinski definition) is 9. The second-order valence-corrected chi connectivity index (χ2v) is 9.76. The maximum atomic E-state index is 12.1. The second-order valence-electron chi connectivity index (χ2n) is 9.76. The topological polar surface area (TPSA) is 137 Å². The highest BCUT2D eigenvalue weighted by molar-refractivity contribution is 5.77. The molecule has 10 heteroatoms. The van der Waals surface area contributed by atoms with Crippen molar-refractivity contribution in [2.45, 2.75) is 85.8 Å². The Morgan fingerprint density at radius 3 is 2.08 bits per heavy atom. The van der Waals surface area contributed by atoms with Gasteiger partial charge in [0.2, 0.25) is 0 Å². The summed E-state index contributed by atoms with van der Waals surface area (Å²) < 4.78 is 20.9. The van der Waals surface area contributed by atoms with E-state index in [1.165, 1.54) is 12.1 Å². The predicted octanol–water partition coefficient (Wildman–Crippen LogP) is 4.27. The van der Waals surface area contributed by atoms with Crippen molar-refractivity contribution >= 4 is 24.1 Å². The molecule has 1 aromatic carbocycles. The van der Waals surface area contributed by atoms with E-state index in [4.69, 9.17) is 18.9 Å². The summed E-state index contributed by atoms with van der Waals surface area (Å²) in [6.07, 6.45) is 0.157. The Labute approximate surface area is 212 Å². The van der Waals surface area contributed by atoms with Crippen LogP contribution in [0.5, 0.6) is 11.5 Å². The first-order valence-electron chi connectivity index (χ1n) is 12.2. The summed E-state index contributed by atoms with van der Waals surface area (Å²) >= 11 is 0. The van der Waals surface area contributed by atoms with Gasteiger partial charge in [-0.25, -0.2) is 4.79 Å². The summed E-state index contributed by atoms with van der Waals surface area (Å²) in [5.41, 5.74) is 0.338. The number of aliphatic carboxylic acids is 1. The summed E-state index contributed by atoms with van der Waals surface area (Å²) in [6.45, 7) is 11.3. The smallest absolute Gasteiger partial charge is 0.480 e. The average Bonchev–Trinajstić information content (AvgIpc) is 2.76. The molecule has 0 aliphatic heterocycles. The van der Waals surface area contributed by atoms with E-state index in [-0.39, 0.29) is 49.3 Å². The molecule has 1 aromatic rings. The summed E-state index contributed by atoms with van der Waals surface area (Å²) in [7, 11) is 0. The zero-order valence-corrected chi connectivity index (χ0v) is 22.0. The Morgan fingerprint density at radius 2 is 1.56 bits per heavy atom. The lowest BCUT2D eigenvalue weighted by molar-refractivity contribution is -0.139. The minimum absolute atomic E-state index is 0.0397. The van der Waals surface area contributed by atoms with Crippen molar-refractivity contribution in [3.8, 4) is 11.5 Å². The molecule has 0 aliphatic carbocycles. The number of carboxylic acids is 1. The minimum atomic E-state index is -1.11. The van der Waals surface area contributed by atoms with E-state index in [1.54, 1.807) is 13.0 Å². The van der Waals surface area contributed by atoms with Crippen LogP contribution in [0, 0.1) is 5.41 Å². The maximum absolute atomic E-state index is 12.1. The van der Waals surface area contributed by atoms with Gasteiger partial charge in [0.15, 0.2) is 11.5 Å². The highest BCUT2D eigenvalue weighted by atomic mass is 16.7. The monoisotopic (exact) mass is 509 g/mol. The molecule has 0 saturated carbocycles. The molecule has 2 N–H and O–H groups in total. The van der Waals surface area contributed by atoms with Gasteiger partial charge >= 0.3 is 24.1 Å². The van der Waals surface area contributed by atoms with Crippen LogP contribution in [0.2, 0.25) is 0 Å². The Bertz CT molecular complexity index is 892. The number of esters is 2. The van der Waals surface area contributed by atoms with Gasteiger partial charge in [-0.1, -0.05) is 40.7 Å². The lowest BCUT2D eigenvalue weighted by Crippen LogP contribution is -2.42. The molecule has 0 heterocycles. The van der Waals surface area contributed by atoms with Crippen LogP contribution in [-0.2, 0) is 30.3 Å². The third-order valence-electron chi connectivity index (χ3n) is 4.67. The van der Waals surface area contributed by atoms with E-state index in [2.05, 4.69) is 5.32 Å². The zero-order valence-electron chi connectivity index (χ0n) is 22.0. The Hall–Kier alpha value is -3.14. The number of benzene rings is 1. The van der Waals surface area contributed by atoms with Gasteiger partial charge in [0.25, 0.3) is 0 Å². The molecule has 0 saturated heterocycles. The second kappa shape index (κ2) is 15.1. The number of carboxylic acid groups (broad SMARTS) is 1. The van der Waals surface area contributed by atoms with Crippen molar-refractivity contribution in [1.29, 1.82) is 0 Å². The number of ether oxygens (including phenoxy) is 4. The lowest BCUT2D eigenvalue weighted by atomic mass is 9.99. The SMILES string of the molecule is CCCC(=O)Oc1ccc(C[C@H](NCC(C)OC(=O)OCC(C)(C)C)C(=O)O)cc1OC(=O)CCC. The van der Waals surface area contributed by atoms with E-state index >= 15 is 0 Å². The van der Waals surface area contributed by atoms with E-state index in [0.717, 1.165) is 0 Å². The molecule has 10 nitrogen and oxygen atoms in total. The predicted molar refractivity (Wildman–Crippen MR) is 132 cm³/mol. The van der Waals surface area contributed by atoms with E-state index < -0.39 is 36.2 Å². The van der Waals surface area contributed by atoms with Gasteiger partial charge in [-0.05, 0) is 49.3 Å². The van der Waals surface area contributed by atoms with Crippen molar-refractivity contribution in [2.24, 2.45) is 5.41 Å². The Morgan fingerprint density at radius 1 is 0.972 bits per heavy atom. The highest BCUT2D eigenvalue weighted by Crippen LogP contribution is 2.30. The van der Waals surface area contributed by atoms with Crippen molar-refractivity contribution in [3.63, 3.8) is 0 Å². The third kappa shape index (κ3) is 12.5. The molecular weight excluding hydrogens is 470 g/mol. The largest absolute Gasteiger partial charge is 0.508 e. The first-order chi connectivity index (χ1) is 16.8. The number of nitrogens with one attached hydrogen (secondary N) is 1. The highest BCUT2D eigenvalue weighted by Gasteiger charge is 2.22. The van der Waals surface area contributed by atoms with Crippen LogP contribution in [0.15, 0.2) is 18.2 Å². The Balaban J connectivity index is 2.87. The molecule has 1 rings (SSSR count). The molecule has 0 bridgehead atoms. The van der Waals surface area contributed by atoms with Crippen LogP contribution in [0.3, 0.4) is 0 Å². The molecule has 1 unspecified atom stereocenters. The van der Waals surface area contributed by atoms with Gasteiger partial charge in [-0.15, -0.1) is 0 Å². The lowest BCUT2D eigenvalue weighted by Gasteiger charge is -2.21. The number of hydrogen-bond donors (Lipinski definition) is 2. The van der Waals surface area contributed by atoms with Crippen LogP contribution in [0.4, 0.5) is 4.79 Å². The van der Waals surface area contributed by atoms with Gasteiger partial charge in [0.1, 0.15) is 12.1 Å². The Kier molecular flexibility index (Phi) is 12.9. The molecule has 0 fully saturated rings.